The number of rotatable bonds is 7. The molecule has 1 fully saturated rings. The summed E-state index contributed by atoms with van der Waals surface area (Å²) < 4.78 is 0. The van der Waals surface area contributed by atoms with Crippen LogP contribution in [0.25, 0.3) is 0 Å². The van der Waals surface area contributed by atoms with Crippen LogP contribution in [0.3, 0.4) is 0 Å². The maximum atomic E-state index is 3.66. The Bertz CT molecular complexity index is 264. The number of thiophene rings is 1. The molecule has 1 saturated carbocycles. The summed E-state index contributed by atoms with van der Waals surface area (Å²) in [4.78, 5) is 0. The van der Waals surface area contributed by atoms with Gasteiger partial charge in [-0.25, -0.2) is 0 Å². The smallest absolute Gasteiger partial charge is 0.00683 e. The van der Waals surface area contributed by atoms with Crippen LogP contribution >= 0.6 is 11.3 Å². The average molecular weight is 223 g/mol. The minimum atomic E-state index is 0.838. The lowest BCUT2D eigenvalue weighted by molar-refractivity contribution is 0.437. The Hall–Kier alpha value is -0.340. The molecule has 84 valence electrons. The molecule has 0 aliphatic heterocycles. The van der Waals surface area contributed by atoms with E-state index < -0.39 is 0 Å². The van der Waals surface area contributed by atoms with Crippen LogP contribution in [0.4, 0.5) is 0 Å². The molecule has 0 spiro atoms. The van der Waals surface area contributed by atoms with E-state index >= 15 is 0 Å². The van der Waals surface area contributed by atoms with E-state index in [9.17, 15) is 0 Å². The van der Waals surface area contributed by atoms with Gasteiger partial charge in [0.25, 0.3) is 0 Å². The predicted octanol–water partition coefficient (Wildman–Crippen LogP) is 3.46. The molecule has 0 radical (unpaired) electrons. The van der Waals surface area contributed by atoms with Crippen LogP contribution < -0.4 is 5.32 Å². The molecule has 0 aromatic carbocycles. The SMILES string of the molecule is CCCC(CNC1CC1)Cc1ccsc1. The molecule has 1 aliphatic rings. The van der Waals surface area contributed by atoms with Gasteiger partial charge < -0.3 is 5.32 Å². The van der Waals surface area contributed by atoms with Crippen LogP contribution in [-0.2, 0) is 6.42 Å². The molecule has 0 amide bonds. The standard InChI is InChI=1S/C13H21NS/c1-2-3-11(9-14-13-4-5-13)8-12-6-7-15-10-12/h6-7,10-11,13-14H,2-5,8-9H2,1H3. The first kappa shape index (κ1) is 11.2. The Labute approximate surface area is 96.9 Å². The van der Waals surface area contributed by atoms with Crippen molar-refractivity contribution in [1.82, 2.24) is 5.32 Å². The van der Waals surface area contributed by atoms with E-state index in [4.69, 9.17) is 0 Å². The summed E-state index contributed by atoms with van der Waals surface area (Å²) in [6.07, 6.45) is 6.72. The lowest BCUT2D eigenvalue weighted by Gasteiger charge is -2.16. The normalized spacial score (nSPS) is 17.9. The number of nitrogens with one attached hydrogen (secondary N) is 1. The Morgan fingerprint density at radius 2 is 2.40 bits per heavy atom. The molecule has 1 N–H and O–H groups in total. The molecular weight excluding hydrogens is 202 g/mol. The third-order valence-corrected chi connectivity index (χ3v) is 3.81. The fourth-order valence-electron chi connectivity index (χ4n) is 2.05. The van der Waals surface area contributed by atoms with Crippen molar-refractivity contribution in [2.24, 2.45) is 5.92 Å². The monoisotopic (exact) mass is 223 g/mol. The fraction of sp³-hybridized carbons (Fsp3) is 0.692. The highest BCUT2D eigenvalue weighted by Crippen LogP contribution is 2.21. The fourth-order valence-corrected chi connectivity index (χ4v) is 2.73. The van der Waals surface area contributed by atoms with E-state index in [1.54, 1.807) is 0 Å². The van der Waals surface area contributed by atoms with Crippen LogP contribution in [-0.4, -0.2) is 12.6 Å². The van der Waals surface area contributed by atoms with E-state index in [0.29, 0.717) is 0 Å². The second-order valence-electron chi connectivity index (χ2n) is 4.67. The lowest BCUT2D eigenvalue weighted by atomic mass is 9.96. The lowest BCUT2D eigenvalue weighted by Crippen LogP contribution is -2.25. The molecule has 2 heteroatoms. The van der Waals surface area contributed by atoms with Gasteiger partial charge in [-0.3, -0.25) is 0 Å². The summed E-state index contributed by atoms with van der Waals surface area (Å²) in [6.45, 7) is 3.51. The van der Waals surface area contributed by atoms with Gasteiger partial charge in [-0.15, -0.1) is 0 Å². The van der Waals surface area contributed by atoms with Crippen LogP contribution in [0.15, 0.2) is 16.8 Å². The van der Waals surface area contributed by atoms with E-state index in [1.807, 2.05) is 11.3 Å². The molecule has 15 heavy (non-hydrogen) atoms. The third-order valence-electron chi connectivity index (χ3n) is 3.07. The zero-order chi connectivity index (χ0) is 10.5. The van der Waals surface area contributed by atoms with Crippen molar-refractivity contribution >= 4 is 11.3 Å². The summed E-state index contributed by atoms with van der Waals surface area (Å²) in [5.74, 6) is 0.838. The molecule has 0 bridgehead atoms. The van der Waals surface area contributed by atoms with Crippen molar-refractivity contribution in [3.05, 3.63) is 22.4 Å². The number of hydrogen-bond acceptors (Lipinski definition) is 2. The Morgan fingerprint density at radius 3 is 3.00 bits per heavy atom. The predicted molar refractivity (Wildman–Crippen MR) is 67.4 cm³/mol. The Kier molecular flexibility index (Phi) is 4.21. The average Bonchev–Trinajstić information content (AvgIpc) is 2.93. The van der Waals surface area contributed by atoms with E-state index in [2.05, 4.69) is 29.1 Å². The molecule has 1 nitrogen and oxygen atoms in total. The minimum absolute atomic E-state index is 0.838. The van der Waals surface area contributed by atoms with Gasteiger partial charge in [-0.05, 0) is 60.5 Å². The van der Waals surface area contributed by atoms with Crippen LogP contribution in [0.5, 0.6) is 0 Å². The van der Waals surface area contributed by atoms with E-state index in [1.165, 1.54) is 44.2 Å². The minimum Gasteiger partial charge on any atom is -0.314 e. The summed E-state index contributed by atoms with van der Waals surface area (Å²) >= 11 is 1.82. The largest absolute Gasteiger partial charge is 0.314 e. The van der Waals surface area contributed by atoms with E-state index in [0.717, 1.165) is 12.0 Å². The van der Waals surface area contributed by atoms with Crippen molar-refractivity contribution in [2.45, 2.75) is 45.1 Å². The summed E-state index contributed by atoms with van der Waals surface area (Å²) in [7, 11) is 0. The van der Waals surface area contributed by atoms with Gasteiger partial charge in [0, 0.05) is 6.04 Å². The number of hydrogen-bond donors (Lipinski definition) is 1. The third kappa shape index (κ3) is 3.96. The molecule has 1 heterocycles. The molecular formula is C13H21NS. The van der Waals surface area contributed by atoms with Crippen molar-refractivity contribution in [2.75, 3.05) is 6.54 Å². The molecule has 1 aromatic heterocycles. The zero-order valence-corrected chi connectivity index (χ0v) is 10.4. The van der Waals surface area contributed by atoms with Crippen molar-refractivity contribution in [3.63, 3.8) is 0 Å². The highest BCUT2D eigenvalue weighted by Gasteiger charge is 2.21. The molecule has 1 aliphatic carbocycles. The quantitative estimate of drug-likeness (QED) is 0.746. The Morgan fingerprint density at radius 1 is 1.53 bits per heavy atom. The van der Waals surface area contributed by atoms with Gasteiger partial charge >= 0.3 is 0 Å². The summed E-state index contributed by atoms with van der Waals surface area (Å²) in [6, 6.07) is 3.12. The molecule has 1 aromatic rings. The first-order chi connectivity index (χ1) is 7.38. The maximum Gasteiger partial charge on any atom is 0.00683 e. The van der Waals surface area contributed by atoms with Crippen molar-refractivity contribution in [1.29, 1.82) is 0 Å². The summed E-state index contributed by atoms with van der Waals surface area (Å²) in [5.41, 5.74) is 1.52. The molecule has 1 atom stereocenters. The highest BCUT2D eigenvalue weighted by molar-refractivity contribution is 7.07. The second-order valence-corrected chi connectivity index (χ2v) is 5.45. The topological polar surface area (TPSA) is 12.0 Å². The van der Waals surface area contributed by atoms with Crippen molar-refractivity contribution < 1.29 is 0 Å². The summed E-state index contributed by atoms with van der Waals surface area (Å²) in [5, 5.41) is 8.14. The van der Waals surface area contributed by atoms with Gasteiger partial charge in [-0.1, -0.05) is 13.3 Å². The molecule has 1 unspecified atom stereocenters. The molecule has 0 saturated heterocycles. The van der Waals surface area contributed by atoms with E-state index in [-0.39, 0.29) is 0 Å². The van der Waals surface area contributed by atoms with Crippen molar-refractivity contribution in [3.8, 4) is 0 Å². The molecule has 2 rings (SSSR count). The van der Waals surface area contributed by atoms with Gasteiger partial charge in [0.15, 0.2) is 0 Å². The van der Waals surface area contributed by atoms with Gasteiger partial charge in [0.1, 0.15) is 0 Å². The zero-order valence-electron chi connectivity index (χ0n) is 9.54. The maximum absolute atomic E-state index is 3.66. The van der Waals surface area contributed by atoms with Crippen LogP contribution in [0, 0.1) is 5.92 Å². The van der Waals surface area contributed by atoms with Crippen LogP contribution in [0.1, 0.15) is 38.2 Å². The van der Waals surface area contributed by atoms with Gasteiger partial charge in [0.2, 0.25) is 0 Å². The first-order valence-electron chi connectivity index (χ1n) is 6.13. The van der Waals surface area contributed by atoms with Crippen LogP contribution in [0.2, 0.25) is 0 Å². The van der Waals surface area contributed by atoms with Gasteiger partial charge in [-0.2, -0.15) is 11.3 Å². The Balaban J connectivity index is 1.76. The highest BCUT2D eigenvalue weighted by atomic mass is 32.1. The second kappa shape index (κ2) is 5.66. The first-order valence-corrected chi connectivity index (χ1v) is 7.07. The van der Waals surface area contributed by atoms with Gasteiger partial charge in [0.05, 0.1) is 0 Å².